The van der Waals surface area contributed by atoms with Crippen molar-refractivity contribution in [2.24, 2.45) is 0 Å². The van der Waals surface area contributed by atoms with Gasteiger partial charge in [0.15, 0.2) is 0 Å². The molecule has 0 unspecified atom stereocenters. The van der Waals surface area contributed by atoms with E-state index in [1.54, 1.807) is 6.07 Å². The summed E-state index contributed by atoms with van der Waals surface area (Å²) in [6, 6.07) is 9.38. The van der Waals surface area contributed by atoms with Crippen LogP contribution in [0.3, 0.4) is 0 Å². The highest BCUT2D eigenvalue weighted by molar-refractivity contribution is 7.99. The largest absolute Gasteiger partial charge is 0.411 e. The molecule has 27 heavy (non-hydrogen) atoms. The Morgan fingerprint density at radius 1 is 1.30 bits per heavy atom. The zero-order valence-corrected chi connectivity index (χ0v) is 15.0. The molecule has 0 bridgehead atoms. The highest BCUT2D eigenvalue weighted by Crippen LogP contribution is 2.26. The summed E-state index contributed by atoms with van der Waals surface area (Å²) >= 11 is 6.83. The van der Waals surface area contributed by atoms with E-state index in [9.17, 15) is 19.3 Å². The first kappa shape index (κ1) is 18.8. The van der Waals surface area contributed by atoms with Crippen LogP contribution in [0.5, 0.6) is 0 Å². The number of anilines is 1. The molecule has 0 radical (unpaired) electrons. The van der Waals surface area contributed by atoms with Gasteiger partial charge in [-0.3, -0.25) is 14.9 Å². The van der Waals surface area contributed by atoms with Crippen LogP contribution >= 0.6 is 23.4 Å². The molecule has 1 heterocycles. The number of thioether (sulfide) groups is 1. The zero-order valence-electron chi connectivity index (χ0n) is 13.4. The van der Waals surface area contributed by atoms with Gasteiger partial charge in [-0.25, -0.2) is 4.39 Å². The quantitative estimate of drug-likeness (QED) is 0.370. The molecule has 0 aliphatic rings. The van der Waals surface area contributed by atoms with Gasteiger partial charge in [0, 0.05) is 17.7 Å². The summed E-state index contributed by atoms with van der Waals surface area (Å²) in [6.45, 7) is 0. The molecule has 2 aromatic carbocycles. The summed E-state index contributed by atoms with van der Waals surface area (Å²) in [5.41, 5.74) is 0.577. The maximum atomic E-state index is 13.0. The van der Waals surface area contributed by atoms with Gasteiger partial charge < -0.3 is 9.73 Å². The molecular formula is C16H10ClFN4O4S. The monoisotopic (exact) mass is 408 g/mol. The number of nitrogens with one attached hydrogen (secondary N) is 1. The number of hydrogen-bond donors (Lipinski definition) is 1. The van der Waals surface area contributed by atoms with Gasteiger partial charge in [-0.15, -0.1) is 10.2 Å². The number of non-ortho nitro benzene ring substituents is 1. The second kappa shape index (κ2) is 8.14. The van der Waals surface area contributed by atoms with Crippen molar-refractivity contribution in [1.29, 1.82) is 0 Å². The first-order chi connectivity index (χ1) is 12.9. The van der Waals surface area contributed by atoms with Gasteiger partial charge in [0.05, 0.1) is 21.4 Å². The predicted octanol–water partition coefficient (Wildman–Crippen LogP) is 4.17. The van der Waals surface area contributed by atoms with Gasteiger partial charge in [0.2, 0.25) is 11.8 Å². The van der Waals surface area contributed by atoms with Crippen LogP contribution in [0.15, 0.2) is 52.1 Å². The molecule has 1 amide bonds. The number of carbonyl (C=O) groups excluding carboxylic acids is 1. The van der Waals surface area contributed by atoms with Crippen LogP contribution in [-0.4, -0.2) is 26.8 Å². The normalized spacial score (nSPS) is 10.6. The Bertz CT molecular complexity index is 1010. The minimum atomic E-state index is -0.527. The number of carbonyl (C=O) groups is 1. The third kappa shape index (κ3) is 4.80. The van der Waals surface area contributed by atoms with Crippen molar-refractivity contribution < 1.29 is 18.5 Å². The third-order valence-electron chi connectivity index (χ3n) is 3.24. The Morgan fingerprint density at radius 3 is 2.85 bits per heavy atom. The summed E-state index contributed by atoms with van der Waals surface area (Å²) < 4.78 is 18.4. The molecule has 8 nitrogen and oxygen atoms in total. The summed E-state index contributed by atoms with van der Waals surface area (Å²) in [7, 11) is 0. The Labute approximate surface area is 160 Å². The molecule has 0 saturated heterocycles. The minimum absolute atomic E-state index is 0.0513. The van der Waals surface area contributed by atoms with Gasteiger partial charge in [0.25, 0.3) is 10.9 Å². The van der Waals surface area contributed by atoms with Crippen LogP contribution in [0, 0.1) is 15.9 Å². The second-order valence-corrected chi connectivity index (χ2v) is 6.48. The van der Waals surface area contributed by atoms with E-state index in [4.69, 9.17) is 16.0 Å². The molecule has 0 saturated carbocycles. The van der Waals surface area contributed by atoms with Crippen LogP contribution in [0.1, 0.15) is 0 Å². The van der Waals surface area contributed by atoms with Crippen molar-refractivity contribution in [1.82, 2.24) is 10.2 Å². The van der Waals surface area contributed by atoms with E-state index in [1.807, 2.05) is 0 Å². The van der Waals surface area contributed by atoms with Crippen LogP contribution in [0.25, 0.3) is 11.5 Å². The van der Waals surface area contributed by atoms with Crippen molar-refractivity contribution in [3.63, 3.8) is 0 Å². The van der Waals surface area contributed by atoms with E-state index in [0.717, 1.165) is 17.8 Å². The standard InChI is InChI=1S/C16H10ClFN4O4S/c17-12-7-10(18)4-5-13(12)19-14(23)8-27-16-21-20-15(26-16)9-2-1-3-11(6-9)22(24)25/h1-7H,8H2,(H,19,23). The van der Waals surface area contributed by atoms with Crippen molar-refractivity contribution in [3.05, 3.63) is 63.4 Å². The van der Waals surface area contributed by atoms with E-state index in [2.05, 4.69) is 15.5 Å². The average molecular weight is 409 g/mol. The molecule has 0 spiro atoms. The molecule has 11 heteroatoms. The Balaban J connectivity index is 1.62. The maximum absolute atomic E-state index is 13.0. The Hall–Kier alpha value is -2.98. The molecule has 3 rings (SSSR count). The molecule has 0 fully saturated rings. The van der Waals surface area contributed by atoms with Crippen molar-refractivity contribution in [2.45, 2.75) is 5.22 Å². The van der Waals surface area contributed by atoms with Gasteiger partial charge >= 0.3 is 0 Å². The number of rotatable bonds is 6. The highest BCUT2D eigenvalue weighted by atomic mass is 35.5. The molecule has 1 N–H and O–H groups in total. The van der Waals surface area contributed by atoms with Crippen LogP contribution < -0.4 is 5.32 Å². The first-order valence-corrected chi connectivity index (χ1v) is 8.75. The van der Waals surface area contributed by atoms with E-state index < -0.39 is 16.6 Å². The number of nitro benzene ring substituents is 1. The number of aromatic nitrogens is 2. The number of benzene rings is 2. The van der Waals surface area contributed by atoms with E-state index in [1.165, 1.54) is 30.3 Å². The highest BCUT2D eigenvalue weighted by Gasteiger charge is 2.14. The maximum Gasteiger partial charge on any atom is 0.277 e. The molecule has 0 atom stereocenters. The van der Waals surface area contributed by atoms with E-state index >= 15 is 0 Å². The van der Waals surface area contributed by atoms with E-state index in [-0.39, 0.29) is 33.3 Å². The zero-order chi connectivity index (χ0) is 19.4. The van der Waals surface area contributed by atoms with Crippen LogP contribution in [-0.2, 0) is 4.79 Å². The average Bonchev–Trinajstić information content (AvgIpc) is 3.11. The lowest BCUT2D eigenvalue weighted by atomic mass is 10.2. The summed E-state index contributed by atoms with van der Waals surface area (Å²) in [5.74, 6) is -0.858. The summed E-state index contributed by atoms with van der Waals surface area (Å²) in [6.07, 6.45) is 0. The fourth-order valence-corrected chi connectivity index (χ4v) is 2.82. The smallest absolute Gasteiger partial charge is 0.277 e. The predicted molar refractivity (Wildman–Crippen MR) is 97.2 cm³/mol. The fraction of sp³-hybridized carbons (Fsp3) is 0.0625. The minimum Gasteiger partial charge on any atom is -0.411 e. The van der Waals surface area contributed by atoms with Crippen LogP contribution in [0.4, 0.5) is 15.8 Å². The Kier molecular flexibility index (Phi) is 5.67. The number of amides is 1. The Morgan fingerprint density at radius 2 is 2.11 bits per heavy atom. The first-order valence-electron chi connectivity index (χ1n) is 7.38. The number of nitro groups is 1. The van der Waals surface area contributed by atoms with Crippen molar-refractivity contribution in [2.75, 3.05) is 11.1 Å². The SMILES string of the molecule is O=C(CSc1nnc(-c2cccc([N+](=O)[O-])c2)o1)Nc1ccc(F)cc1Cl. The van der Waals surface area contributed by atoms with Gasteiger partial charge in [-0.2, -0.15) is 0 Å². The molecular weight excluding hydrogens is 399 g/mol. The number of hydrogen-bond acceptors (Lipinski definition) is 7. The molecule has 138 valence electrons. The number of nitrogens with zero attached hydrogens (tertiary/aromatic N) is 3. The topological polar surface area (TPSA) is 111 Å². The summed E-state index contributed by atoms with van der Waals surface area (Å²) in [4.78, 5) is 22.3. The van der Waals surface area contributed by atoms with E-state index in [0.29, 0.717) is 5.56 Å². The lowest BCUT2D eigenvalue weighted by Gasteiger charge is -2.06. The van der Waals surface area contributed by atoms with Gasteiger partial charge in [-0.05, 0) is 24.3 Å². The third-order valence-corrected chi connectivity index (χ3v) is 4.37. The second-order valence-electron chi connectivity index (χ2n) is 5.14. The molecule has 3 aromatic rings. The van der Waals surface area contributed by atoms with Crippen molar-refractivity contribution in [3.8, 4) is 11.5 Å². The lowest BCUT2D eigenvalue weighted by molar-refractivity contribution is -0.384. The number of halogens is 2. The lowest BCUT2D eigenvalue weighted by Crippen LogP contribution is -2.14. The van der Waals surface area contributed by atoms with Crippen molar-refractivity contribution >= 4 is 40.6 Å². The molecule has 1 aromatic heterocycles. The van der Waals surface area contributed by atoms with Gasteiger partial charge in [-0.1, -0.05) is 29.4 Å². The molecule has 0 aliphatic carbocycles. The van der Waals surface area contributed by atoms with Gasteiger partial charge in [0.1, 0.15) is 5.82 Å². The fourth-order valence-electron chi connectivity index (χ4n) is 2.04. The molecule has 0 aliphatic heterocycles. The van der Waals surface area contributed by atoms with Crippen LogP contribution in [0.2, 0.25) is 5.02 Å². The summed E-state index contributed by atoms with van der Waals surface area (Å²) in [5, 5.41) is 21.2.